The molecule has 1 saturated carbocycles. The molecule has 29 heavy (non-hydrogen) atoms. The van der Waals surface area contributed by atoms with Crippen molar-refractivity contribution in [1.29, 1.82) is 0 Å². The fraction of sp³-hybridized carbons (Fsp3) is 0.652. The van der Waals surface area contributed by atoms with Gasteiger partial charge in [0.25, 0.3) is 5.91 Å². The first-order valence-electron chi connectivity index (χ1n) is 11.2. The predicted molar refractivity (Wildman–Crippen MR) is 112 cm³/mol. The zero-order valence-corrected chi connectivity index (χ0v) is 17.4. The first-order chi connectivity index (χ1) is 14.1. The van der Waals surface area contributed by atoms with Gasteiger partial charge in [0.2, 0.25) is 0 Å². The molecule has 4 aliphatic rings. The summed E-state index contributed by atoms with van der Waals surface area (Å²) in [5, 5.41) is 2.91. The van der Waals surface area contributed by atoms with E-state index in [0.717, 1.165) is 37.2 Å². The molecule has 3 heterocycles. The molecular formula is C23H33N3O3. The molecule has 6 nitrogen and oxygen atoms in total. The molecule has 5 rings (SSSR count). The number of amides is 3. The molecule has 4 fully saturated rings. The largest absolute Gasteiger partial charge is 0.489 e. The summed E-state index contributed by atoms with van der Waals surface area (Å²) in [6.45, 7) is 5.88. The molecule has 2 bridgehead atoms. The second-order valence-corrected chi connectivity index (χ2v) is 8.83. The lowest BCUT2D eigenvalue weighted by atomic mass is 9.84. The third-order valence-corrected chi connectivity index (χ3v) is 6.57. The van der Waals surface area contributed by atoms with Crippen molar-refractivity contribution in [2.75, 3.05) is 32.7 Å². The molecule has 3 saturated heterocycles. The summed E-state index contributed by atoms with van der Waals surface area (Å²) in [5.74, 6) is 2.27. The maximum atomic E-state index is 13.0. The van der Waals surface area contributed by atoms with Gasteiger partial charge in [0.1, 0.15) is 11.9 Å². The highest BCUT2D eigenvalue weighted by atomic mass is 16.5. The second-order valence-electron chi connectivity index (χ2n) is 8.83. The molecule has 1 aromatic carbocycles. The van der Waals surface area contributed by atoms with Crippen LogP contribution in [0, 0.1) is 11.8 Å². The molecule has 1 atom stereocenters. The number of nitrogens with zero attached hydrogens (tertiary/aromatic N) is 2. The number of likely N-dealkylation sites (tertiary alicyclic amines) is 1. The van der Waals surface area contributed by atoms with Gasteiger partial charge in [-0.3, -0.25) is 4.79 Å². The number of carbonyl (C=O) groups excluding carboxylic acids is 2. The van der Waals surface area contributed by atoms with Crippen LogP contribution >= 0.6 is 0 Å². The topological polar surface area (TPSA) is 61.9 Å². The highest BCUT2D eigenvalue weighted by Crippen LogP contribution is 2.34. The summed E-state index contributed by atoms with van der Waals surface area (Å²) in [6, 6.07) is 7.53. The van der Waals surface area contributed by atoms with E-state index in [1.165, 1.54) is 25.7 Å². The van der Waals surface area contributed by atoms with Crippen LogP contribution in [0.15, 0.2) is 24.3 Å². The van der Waals surface area contributed by atoms with E-state index in [2.05, 4.69) is 10.2 Å². The van der Waals surface area contributed by atoms with Crippen LogP contribution in [0.3, 0.4) is 0 Å². The van der Waals surface area contributed by atoms with Crippen molar-refractivity contribution in [1.82, 2.24) is 15.1 Å². The van der Waals surface area contributed by atoms with Gasteiger partial charge in [-0.1, -0.05) is 6.92 Å². The Morgan fingerprint density at radius 3 is 2.24 bits per heavy atom. The van der Waals surface area contributed by atoms with Crippen molar-refractivity contribution in [2.24, 2.45) is 11.8 Å². The van der Waals surface area contributed by atoms with Crippen LogP contribution in [0.4, 0.5) is 4.79 Å². The number of rotatable bonds is 5. The number of carbonyl (C=O) groups is 2. The summed E-state index contributed by atoms with van der Waals surface area (Å²) >= 11 is 0. The Labute approximate surface area is 173 Å². The molecule has 3 amide bonds. The van der Waals surface area contributed by atoms with E-state index in [0.29, 0.717) is 31.5 Å². The van der Waals surface area contributed by atoms with Gasteiger partial charge in [0, 0.05) is 38.2 Å². The van der Waals surface area contributed by atoms with E-state index < -0.39 is 0 Å². The van der Waals surface area contributed by atoms with Crippen molar-refractivity contribution < 1.29 is 14.3 Å². The fourth-order valence-corrected chi connectivity index (χ4v) is 4.86. The first-order valence-corrected chi connectivity index (χ1v) is 11.2. The summed E-state index contributed by atoms with van der Waals surface area (Å²) in [7, 11) is 0. The molecule has 158 valence electrons. The van der Waals surface area contributed by atoms with Crippen molar-refractivity contribution in [3.05, 3.63) is 29.8 Å². The highest BCUT2D eigenvalue weighted by Gasteiger charge is 2.32. The maximum absolute atomic E-state index is 13.0. The summed E-state index contributed by atoms with van der Waals surface area (Å²) in [6.07, 6.45) is 6.86. The number of hydrogen-bond acceptors (Lipinski definition) is 3. The van der Waals surface area contributed by atoms with E-state index >= 15 is 0 Å². The van der Waals surface area contributed by atoms with Crippen molar-refractivity contribution >= 4 is 11.9 Å². The smallest absolute Gasteiger partial charge is 0.317 e. The monoisotopic (exact) mass is 399 g/mol. The van der Waals surface area contributed by atoms with Crippen LogP contribution in [-0.4, -0.2) is 60.6 Å². The lowest BCUT2D eigenvalue weighted by Crippen LogP contribution is -2.39. The second kappa shape index (κ2) is 9.06. The van der Waals surface area contributed by atoms with Crippen molar-refractivity contribution in [3.63, 3.8) is 0 Å². The van der Waals surface area contributed by atoms with Crippen LogP contribution in [0.5, 0.6) is 5.75 Å². The Morgan fingerprint density at radius 1 is 0.966 bits per heavy atom. The zero-order valence-electron chi connectivity index (χ0n) is 17.4. The van der Waals surface area contributed by atoms with Crippen molar-refractivity contribution in [2.45, 2.75) is 51.6 Å². The standard InChI is InChI=1S/C23H33N3O3/c1-2-12-24-23(28)25-13-11-21(16-25)29-20-9-7-19(8-10-20)22(27)26-14-17-3-4-18(15-26)6-5-17/h7-10,17-18,21H,2-6,11-16H2,1H3,(H,24,28). The summed E-state index contributed by atoms with van der Waals surface area (Å²) < 4.78 is 6.06. The quantitative estimate of drug-likeness (QED) is 0.824. The number of urea groups is 1. The lowest BCUT2D eigenvalue weighted by molar-refractivity contribution is 0.0739. The van der Waals surface area contributed by atoms with Gasteiger partial charge >= 0.3 is 6.03 Å². The highest BCUT2D eigenvalue weighted by molar-refractivity contribution is 5.94. The number of ether oxygens (including phenoxy) is 1. The van der Waals surface area contributed by atoms with E-state index in [4.69, 9.17) is 4.74 Å². The molecule has 1 unspecified atom stereocenters. The van der Waals surface area contributed by atoms with Gasteiger partial charge in [-0.2, -0.15) is 0 Å². The Balaban J connectivity index is 1.30. The van der Waals surface area contributed by atoms with Crippen LogP contribution in [0.25, 0.3) is 0 Å². The molecule has 3 aliphatic heterocycles. The van der Waals surface area contributed by atoms with Gasteiger partial charge in [-0.05, 0) is 68.2 Å². The molecule has 0 spiro atoms. The normalized spacial score (nSPS) is 26.3. The average Bonchev–Trinajstić information content (AvgIpc) is 3.00. The third-order valence-electron chi connectivity index (χ3n) is 6.57. The van der Waals surface area contributed by atoms with E-state index in [1.807, 2.05) is 36.1 Å². The number of hydrogen-bond donors (Lipinski definition) is 1. The summed E-state index contributed by atoms with van der Waals surface area (Å²) in [5.41, 5.74) is 0.741. The number of fused-ring (bicyclic) bond motifs is 4. The molecule has 0 radical (unpaired) electrons. The minimum atomic E-state index is -0.00897. The Bertz CT molecular complexity index is 699. The molecule has 1 N–H and O–H groups in total. The number of nitrogens with one attached hydrogen (secondary N) is 1. The predicted octanol–water partition coefficient (Wildman–Crippen LogP) is 3.52. The van der Waals surface area contributed by atoms with Crippen molar-refractivity contribution in [3.8, 4) is 5.75 Å². The summed E-state index contributed by atoms with van der Waals surface area (Å²) in [4.78, 5) is 28.9. The molecule has 1 aliphatic carbocycles. The minimum absolute atomic E-state index is 0.00478. The third kappa shape index (κ3) is 4.85. The molecule has 6 heteroatoms. The minimum Gasteiger partial charge on any atom is -0.489 e. The Hall–Kier alpha value is -2.24. The molecule has 1 aromatic rings. The zero-order chi connectivity index (χ0) is 20.2. The van der Waals surface area contributed by atoms with Crippen LogP contribution in [-0.2, 0) is 0 Å². The maximum Gasteiger partial charge on any atom is 0.317 e. The van der Waals surface area contributed by atoms with Crippen LogP contribution < -0.4 is 10.1 Å². The van der Waals surface area contributed by atoms with Crippen LogP contribution in [0.2, 0.25) is 0 Å². The van der Waals surface area contributed by atoms with Gasteiger partial charge in [0.05, 0.1) is 6.54 Å². The Kier molecular flexibility index (Phi) is 6.26. The van der Waals surface area contributed by atoms with Gasteiger partial charge in [-0.25, -0.2) is 4.79 Å². The molecule has 0 aromatic heterocycles. The Morgan fingerprint density at radius 2 is 1.62 bits per heavy atom. The van der Waals surface area contributed by atoms with Gasteiger partial charge in [0.15, 0.2) is 0 Å². The average molecular weight is 400 g/mol. The van der Waals surface area contributed by atoms with E-state index in [-0.39, 0.29) is 18.0 Å². The number of benzene rings is 1. The van der Waals surface area contributed by atoms with Gasteiger partial charge < -0.3 is 19.9 Å². The first kappa shape index (κ1) is 20.0. The van der Waals surface area contributed by atoms with Crippen LogP contribution in [0.1, 0.15) is 55.8 Å². The molecular weight excluding hydrogens is 366 g/mol. The SMILES string of the molecule is CCCNC(=O)N1CCC(Oc2ccc(C(=O)N3CC4CCC(CC4)C3)cc2)C1. The fourth-order valence-electron chi connectivity index (χ4n) is 4.86. The van der Waals surface area contributed by atoms with E-state index in [9.17, 15) is 9.59 Å². The van der Waals surface area contributed by atoms with Gasteiger partial charge in [-0.15, -0.1) is 0 Å². The van der Waals surface area contributed by atoms with E-state index in [1.54, 1.807) is 0 Å². The lowest BCUT2D eigenvalue weighted by Gasteiger charge is -2.23.